The van der Waals surface area contributed by atoms with E-state index in [0.717, 1.165) is 16.3 Å². The molecule has 0 spiro atoms. The molecule has 1 heteroatoms. The molecule has 2 aromatic rings. The predicted octanol–water partition coefficient (Wildman–Crippen LogP) is 3.33. The standard InChI is InChI=1S/C12H11O/c1-9(13)11-8-4-6-10-5-2-3-7-12(10)11/h2-9H,1H3. The minimum absolute atomic E-state index is 0.647. The minimum atomic E-state index is -0.647. The first-order chi connectivity index (χ1) is 6.29. The van der Waals surface area contributed by atoms with Crippen molar-refractivity contribution in [3.63, 3.8) is 0 Å². The van der Waals surface area contributed by atoms with Crippen LogP contribution in [0.2, 0.25) is 0 Å². The van der Waals surface area contributed by atoms with Gasteiger partial charge in [0.25, 0.3) is 0 Å². The van der Waals surface area contributed by atoms with Crippen LogP contribution in [0.1, 0.15) is 18.6 Å². The Hall–Kier alpha value is -1.34. The summed E-state index contributed by atoms with van der Waals surface area (Å²) in [6.07, 6.45) is -0.647. The molecule has 1 nitrogen and oxygen atoms in total. The number of hydrogen-bond donors (Lipinski definition) is 0. The van der Waals surface area contributed by atoms with E-state index < -0.39 is 6.10 Å². The second-order valence-corrected chi connectivity index (χ2v) is 3.21. The number of fused-ring (bicyclic) bond motifs is 1. The third kappa shape index (κ3) is 1.43. The van der Waals surface area contributed by atoms with Crippen molar-refractivity contribution in [2.45, 2.75) is 13.0 Å². The zero-order valence-corrected chi connectivity index (χ0v) is 7.53. The summed E-state index contributed by atoms with van der Waals surface area (Å²) >= 11 is 0. The fourth-order valence-electron chi connectivity index (χ4n) is 1.60. The first-order valence-corrected chi connectivity index (χ1v) is 4.42. The lowest BCUT2D eigenvalue weighted by molar-refractivity contribution is 0.107. The van der Waals surface area contributed by atoms with Crippen LogP contribution in [0.25, 0.3) is 10.8 Å². The molecule has 0 aliphatic carbocycles. The minimum Gasteiger partial charge on any atom is -0.228 e. The lowest BCUT2D eigenvalue weighted by atomic mass is 10.0. The van der Waals surface area contributed by atoms with E-state index in [1.54, 1.807) is 6.92 Å². The normalized spacial score (nSPS) is 13.1. The van der Waals surface area contributed by atoms with Crippen LogP contribution in [0.3, 0.4) is 0 Å². The lowest BCUT2D eigenvalue weighted by Crippen LogP contribution is -1.89. The number of hydrogen-bond acceptors (Lipinski definition) is 0. The molecular formula is C12H11O. The third-order valence-corrected chi connectivity index (χ3v) is 2.26. The molecule has 0 N–H and O–H groups in total. The second-order valence-electron chi connectivity index (χ2n) is 3.21. The van der Waals surface area contributed by atoms with Crippen molar-refractivity contribution < 1.29 is 5.11 Å². The summed E-state index contributed by atoms with van der Waals surface area (Å²) in [7, 11) is 0. The van der Waals surface area contributed by atoms with Gasteiger partial charge < -0.3 is 0 Å². The molecule has 0 heterocycles. The van der Waals surface area contributed by atoms with Gasteiger partial charge in [0.15, 0.2) is 0 Å². The SMILES string of the molecule is CC([O])c1cccc2ccccc12. The molecule has 1 radical (unpaired) electrons. The Balaban J connectivity index is 2.76. The Morgan fingerprint density at radius 2 is 1.69 bits per heavy atom. The highest BCUT2D eigenvalue weighted by molar-refractivity contribution is 5.85. The fourth-order valence-corrected chi connectivity index (χ4v) is 1.60. The highest BCUT2D eigenvalue weighted by atomic mass is 16.3. The molecule has 0 fully saturated rings. The Bertz CT molecular complexity index is 413. The molecule has 1 unspecified atom stereocenters. The first kappa shape index (κ1) is 8.27. The topological polar surface area (TPSA) is 19.9 Å². The van der Waals surface area contributed by atoms with Crippen molar-refractivity contribution in [1.29, 1.82) is 0 Å². The smallest absolute Gasteiger partial charge is 0.116 e. The predicted molar refractivity (Wildman–Crippen MR) is 53.0 cm³/mol. The van der Waals surface area contributed by atoms with E-state index in [4.69, 9.17) is 0 Å². The van der Waals surface area contributed by atoms with E-state index in [2.05, 4.69) is 0 Å². The maximum atomic E-state index is 11.3. The van der Waals surface area contributed by atoms with E-state index in [9.17, 15) is 5.11 Å². The maximum absolute atomic E-state index is 11.3. The maximum Gasteiger partial charge on any atom is 0.116 e. The summed E-state index contributed by atoms with van der Waals surface area (Å²) in [5, 5.41) is 13.6. The average molecular weight is 171 g/mol. The molecule has 0 saturated heterocycles. The van der Waals surface area contributed by atoms with Crippen molar-refractivity contribution in [1.82, 2.24) is 0 Å². The molecule has 0 aliphatic heterocycles. The Labute approximate surface area is 77.6 Å². The van der Waals surface area contributed by atoms with Gasteiger partial charge in [-0.05, 0) is 23.3 Å². The van der Waals surface area contributed by atoms with Gasteiger partial charge in [0, 0.05) is 0 Å². The van der Waals surface area contributed by atoms with E-state index in [1.807, 2.05) is 42.5 Å². The molecule has 2 rings (SSSR count). The molecule has 0 bridgehead atoms. The third-order valence-electron chi connectivity index (χ3n) is 2.26. The molecule has 0 aliphatic rings. The highest BCUT2D eigenvalue weighted by Gasteiger charge is 2.05. The first-order valence-electron chi connectivity index (χ1n) is 4.42. The van der Waals surface area contributed by atoms with Crippen LogP contribution >= 0.6 is 0 Å². The van der Waals surface area contributed by atoms with E-state index in [0.29, 0.717) is 0 Å². The van der Waals surface area contributed by atoms with Crippen molar-refractivity contribution >= 4 is 10.8 Å². The number of benzene rings is 2. The van der Waals surface area contributed by atoms with Gasteiger partial charge in [-0.25, -0.2) is 5.11 Å². The van der Waals surface area contributed by atoms with Crippen LogP contribution in [0.4, 0.5) is 0 Å². The number of rotatable bonds is 1. The summed E-state index contributed by atoms with van der Waals surface area (Å²) in [6, 6.07) is 13.9. The van der Waals surface area contributed by atoms with Crippen LogP contribution in [-0.2, 0) is 5.11 Å². The van der Waals surface area contributed by atoms with Crippen LogP contribution in [0.5, 0.6) is 0 Å². The van der Waals surface area contributed by atoms with Gasteiger partial charge in [0.2, 0.25) is 0 Å². The fraction of sp³-hybridized carbons (Fsp3) is 0.167. The van der Waals surface area contributed by atoms with Crippen LogP contribution in [0.15, 0.2) is 42.5 Å². The largest absolute Gasteiger partial charge is 0.228 e. The summed E-state index contributed by atoms with van der Waals surface area (Å²) in [4.78, 5) is 0. The van der Waals surface area contributed by atoms with Crippen LogP contribution in [0, 0.1) is 0 Å². The van der Waals surface area contributed by atoms with Gasteiger partial charge in [-0.2, -0.15) is 0 Å². The Morgan fingerprint density at radius 3 is 2.46 bits per heavy atom. The monoisotopic (exact) mass is 171 g/mol. The Morgan fingerprint density at radius 1 is 1.00 bits per heavy atom. The lowest BCUT2D eigenvalue weighted by Gasteiger charge is -2.06. The van der Waals surface area contributed by atoms with Crippen molar-refractivity contribution in [2.24, 2.45) is 0 Å². The van der Waals surface area contributed by atoms with Gasteiger partial charge in [0.1, 0.15) is 6.10 Å². The van der Waals surface area contributed by atoms with E-state index in [1.165, 1.54) is 0 Å². The highest BCUT2D eigenvalue weighted by Crippen LogP contribution is 2.23. The molecule has 13 heavy (non-hydrogen) atoms. The Kier molecular flexibility index (Phi) is 2.03. The molecule has 0 aromatic heterocycles. The second kappa shape index (κ2) is 3.19. The summed E-state index contributed by atoms with van der Waals surface area (Å²) in [5.41, 5.74) is 0.887. The molecule has 65 valence electrons. The molecule has 1 atom stereocenters. The average Bonchev–Trinajstić information content (AvgIpc) is 2.17. The summed E-state index contributed by atoms with van der Waals surface area (Å²) < 4.78 is 0. The van der Waals surface area contributed by atoms with Crippen molar-refractivity contribution in [3.05, 3.63) is 48.0 Å². The zero-order chi connectivity index (χ0) is 9.26. The summed E-state index contributed by atoms with van der Waals surface area (Å²) in [6.45, 7) is 1.68. The molecule has 2 aromatic carbocycles. The van der Waals surface area contributed by atoms with Gasteiger partial charge in [-0.15, -0.1) is 0 Å². The summed E-state index contributed by atoms with van der Waals surface area (Å²) in [5.74, 6) is 0. The quantitative estimate of drug-likeness (QED) is 0.627. The van der Waals surface area contributed by atoms with Crippen molar-refractivity contribution in [3.8, 4) is 0 Å². The van der Waals surface area contributed by atoms with E-state index >= 15 is 0 Å². The van der Waals surface area contributed by atoms with Gasteiger partial charge in [-0.3, -0.25) is 0 Å². The van der Waals surface area contributed by atoms with Gasteiger partial charge >= 0.3 is 0 Å². The van der Waals surface area contributed by atoms with Gasteiger partial charge in [-0.1, -0.05) is 42.5 Å². The molecular weight excluding hydrogens is 160 g/mol. The molecule has 0 amide bonds. The van der Waals surface area contributed by atoms with Crippen LogP contribution < -0.4 is 0 Å². The van der Waals surface area contributed by atoms with E-state index in [-0.39, 0.29) is 0 Å². The van der Waals surface area contributed by atoms with Gasteiger partial charge in [0.05, 0.1) is 0 Å². The molecule has 0 saturated carbocycles. The van der Waals surface area contributed by atoms with Crippen molar-refractivity contribution in [2.75, 3.05) is 0 Å². The van der Waals surface area contributed by atoms with Crippen LogP contribution in [-0.4, -0.2) is 0 Å². The zero-order valence-electron chi connectivity index (χ0n) is 7.53.